The molecule has 1 fully saturated rings. The topological polar surface area (TPSA) is 81.7 Å². The predicted molar refractivity (Wildman–Crippen MR) is 82.3 cm³/mol. The Labute approximate surface area is 127 Å². The standard InChI is InChI=1S/C15H29N3O3/c1-3-4-13(11-14(19)20)17-15(21)16-8-5-12-6-9-18(2)10-7-12/h12-13H,3-11H2,1-2H3,(H,19,20)(H2,16,17,21). The lowest BCUT2D eigenvalue weighted by molar-refractivity contribution is -0.137. The second-order valence-corrected chi connectivity index (χ2v) is 6.02. The maximum atomic E-state index is 11.8. The van der Waals surface area contributed by atoms with Gasteiger partial charge < -0.3 is 20.6 Å². The molecular weight excluding hydrogens is 270 g/mol. The van der Waals surface area contributed by atoms with Crippen LogP contribution in [0.1, 0.15) is 45.4 Å². The van der Waals surface area contributed by atoms with E-state index >= 15 is 0 Å². The number of aliphatic carboxylic acids is 1. The lowest BCUT2D eigenvalue weighted by Gasteiger charge is -2.29. The van der Waals surface area contributed by atoms with Crippen molar-refractivity contribution in [3.8, 4) is 0 Å². The fraction of sp³-hybridized carbons (Fsp3) is 0.867. The van der Waals surface area contributed by atoms with Crippen molar-refractivity contribution in [2.75, 3.05) is 26.7 Å². The van der Waals surface area contributed by atoms with Crippen molar-refractivity contribution in [2.24, 2.45) is 5.92 Å². The van der Waals surface area contributed by atoms with Crippen LogP contribution in [-0.4, -0.2) is 54.7 Å². The van der Waals surface area contributed by atoms with Gasteiger partial charge in [0, 0.05) is 12.6 Å². The van der Waals surface area contributed by atoms with Gasteiger partial charge in [0.05, 0.1) is 6.42 Å². The summed E-state index contributed by atoms with van der Waals surface area (Å²) in [6, 6.07) is -0.529. The molecule has 0 aromatic carbocycles. The highest BCUT2D eigenvalue weighted by atomic mass is 16.4. The molecule has 1 heterocycles. The number of nitrogens with one attached hydrogen (secondary N) is 2. The van der Waals surface area contributed by atoms with E-state index in [2.05, 4.69) is 22.6 Å². The van der Waals surface area contributed by atoms with Crippen molar-refractivity contribution >= 4 is 12.0 Å². The van der Waals surface area contributed by atoms with Crippen LogP contribution in [0, 0.1) is 5.92 Å². The Morgan fingerprint density at radius 2 is 2.00 bits per heavy atom. The van der Waals surface area contributed by atoms with E-state index < -0.39 is 5.97 Å². The summed E-state index contributed by atoms with van der Waals surface area (Å²) in [7, 11) is 2.14. The number of rotatable bonds is 8. The molecule has 122 valence electrons. The Hall–Kier alpha value is -1.30. The molecule has 0 radical (unpaired) electrons. The Bertz CT molecular complexity index is 328. The third kappa shape index (κ3) is 7.90. The molecule has 1 unspecified atom stereocenters. The first-order valence-electron chi connectivity index (χ1n) is 7.96. The first kappa shape index (κ1) is 17.8. The number of carbonyl (C=O) groups excluding carboxylic acids is 1. The van der Waals surface area contributed by atoms with Crippen LogP contribution < -0.4 is 10.6 Å². The van der Waals surface area contributed by atoms with E-state index in [0.29, 0.717) is 18.9 Å². The van der Waals surface area contributed by atoms with Gasteiger partial charge >= 0.3 is 12.0 Å². The maximum absolute atomic E-state index is 11.8. The Kier molecular flexibility index (Phi) is 8.12. The van der Waals surface area contributed by atoms with E-state index in [1.165, 1.54) is 12.8 Å². The van der Waals surface area contributed by atoms with Crippen molar-refractivity contribution < 1.29 is 14.7 Å². The summed E-state index contributed by atoms with van der Waals surface area (Å²) in [4.78, 5) is 24.8. The van der Waals surface area contributed by atoms with Crippen LogP contribution in [0.25, 0.3) is 0 Å². The van der Waals surface area contributed by atoms with Crippen LogP contribution in [0.3, 0.4) is 0 Å². The number of carbonyl (C=O) groups is 2. The Morgan fingerprint density at radius 3 is 2.57 bits per heavy atom. The van der Waals surface area contributed by atoms with E-state index in [1.807, 2.05) is 6.92 Å². The van der Waals surface area contributed by atoms with Gasteiger partial charge in [-0.25, -0.2) is 4.79 Å². The van der Waals surface area contributed by atoms with Gasteiger partial charge in [-0.2, -0.15) is 0 Å². The highest BCUT2D eigenvalue weighted by molar-refractivity contribution is 5.75. The quantitative estimate of drug-likeness (QED) is 0.636. The molecule has 21 heavy (non-hydrogen) atoms. The first-order chi connectivity index (χ1) is 10.0. The van der Waals surface area contributed by atoms with E-state index in [4.69, 9.17) is 5.11 Å². The van der Waals surface area contributed by atoms with Crippen molar-refractivity contribution in [2.45, 2.75) is 51.5 Å². The molecule has 3 N–H and O–H groups in total. The van der Waals surface area contributed by atoms with Gasteiger partial charge in [0.1, 0.15) is 0 Å². The van der Waals surface area contributed by atoms with Crippen LogP contribution >= 0.6 is 0 Å². The van der Waals surface area contributed by atoms with Crippen LogP contribution in [0.4, 0.5) is 4.79 Å². The average Bonchev–Trinajstić information content (AvgIpc) is 2.40. The fourth-order valence-electron chi connectivity index (χ4n) is 2.76. The molecule has 0 aliphatic carbocycles. The van der Waals surface area contributed by atoms with Gasteiger partial charge in [0.2, 0.25) is 0 Å². The maximum Gasteiger partial charge on any atom is 0.315 e. The number of amides is 2. The molecule has 0 spiro atoms. The lowest BCUT2D eigenvalue weighted by atomic mass is 9.94. The third-order valence-corrected chi connectivity index (χ3v) is 4.07. The highest BCUT2D eigenvalue weighted by Gasteiger charge is 2.17. The highest BCUT2D eigenvalue weighted by Crippen LogP contribution is 2.18. The summed E-state index contributed by atoms with van der Waals surface area (Å²) < 4.78 is 0. The van der Waals surface area contributed by atoms with Crippen molar-refractivity contribution in [1.29, 1.82) is 0 Å². The van der Waals surface area contributed by atoms with Gasteiger partial charge in [-0.3, -0.25) is 4.79 Å². The largest absolute Gasteiger partial charge is 0.481 e. The van der Waals surface area contributed by atoms with Crippen molar-refractivity contribution in [3.05, 3.63) is 0 Å². The molecular formula is C15H29N3O3. The zero-order chi connectivity index (χ0) is 15.7. The zero-order valence-electron chi connectivity index (χ0n) is 13.2. The molecule has 0 saturated carbocycles. The number of hydrogen-bond donors (Lipinski definition) is 3. The molecule has 0 bridgehead atoms. The molecule has 0 aromatic rings. The van der Waals surface area contributed by atoms with Crippen LogP contribution in [0.2, 0.25) is 0 Å². The normalized spacial score (nSPS) is 18.2. The van der Waals surface area contributed by atoms with E-state index in [9.17, 15) is 9.59 Å². The zero-order valence-corrected chi connectivity index (χ0v) is 13.2. The molecule has 6 heteroatoms. The summed E-state index contributed by atoms with van der Waals surface area (Å²) in [5.41, 5.74) is 0. The monoisotopic (exact) mass is 299 g/mol. The number of nitrogens with zero attached hydrogens (tertiary/aromatic N) is 1. The summed E-state index contributed by atoms with van der Waals surface area (Å²) in [5.74, 6) is -0.188. The molecule has 1 aliphatic rings. The number of likely N-dealkylation sites (tertiary alicyclic amines) is 1. The van der Waals surface area contributed by atoms with Crippen molar-refractivity contribution in [3.63, 3.8) is 0 Å². The fourth-order valence-corrected chi connectivity index (χ4v) is 2.76. The lowest BCUT2D eigenvalue weighted by Crippen LogP contribution is -2.43. The molecule has 1 rings (SSSR count). The molecule has 1 atom stereocenters. The number of piperidine rings is 1. The molecule has 2 amide bonds. The minimum absolute atomic E-state index is 0.0176. The molecule has 1 aliphatic heterocycles. The summed E-state index contributed by atoms with van der Waals surface area (Å²) in [5, 5.41) is 14.4. The average molecular weight is 299 g/mol. The molecule has 0 aromatic heterocycles. The summed E-state index contributed by atoms with van der Waals surface area (Å²) >= 11 is 0. The van der Waals surface area contributed by atoms with E-state index in [1.54, 1.807) is 0 Å². The Morgan fingerprint density at radius 1 is 1.33 bits per heavy atom. The number of carboxylic acids is 1. The van der Waals surface area contributed by atoms with E-state index in [0.717, 1.165) is 25.9 Å². The number of urea groups is 1. The minimum Gasteiger partial charge on any atom is -0.481 e. The van der Waals surface area contributed by atoms with Gasteiger partial charge in [0.15, 0.2) is 0 Å². The van der Waals surface area contributed by atoms with E-state index in [-0.39, 0.29) is 18.5 Å². The molecule has 6 nitrogen and oxygen atoms in total. The predicted octanol–water partition coefficient (Wildman–Crippen LogP) is 1.66. The second-order valence-electron chi connectivity index (χ2n) is 6.02. The van der Waals surface area contributed by atoms with Gasteiger partial charge in [-0.1, -0.05) is 13.3 Å². The van der Waals surface area contributed by atoms with Crippen LogP contribution in [0.5, 0.6) is 0 Å². The van der Waals surface area contributed by atoms with Crippen LogP contribution in [0.15, 0.2) is 0 Å². The smallest absolute Gasteiger partial charge is 0.315 e. The third-order valence-electron chi connectivity index (χ3n) is 4.07. The number of hydrogen-bond acceptors (Lipinski definition) is 3. The van der Waals surface area contributed by atoms with Crippen LogP contribution in [-0.2, 0) is 4.79 Å². The van der Waals surface area contributed by atoms with Gasteiger partial charge in [-0.15, -0.1) is 0 Å². The first-order valence-corrected chi connectivity index (χ1v) is 7.96. The SMILES string of the molecule is CCCC(CC(=O)O)NC(=O)NCCC1CCN(C)CC1. The van der Waals surface area contributed by atoms with Gasteiger partial charge in [-0.05, 0) is 51.7 Å². The van der Waals surface area contributed by atoms with Gasteiger partial charge in [0.25, 0.3) is 0 Å². The second kappa shape index (κ2) is 9.60. The Balaban J connectivity index is 2.18. The summed E-state index contributed by atoms with van der Waals surface area (Å²) in [6.07, 6.45) is 4.91. The summed E-state index contributed by atoms with van der Waals surface area (Å²) in [6.45, 7) is 4.91. The minimum atomic E-state index is -0.875. The molecule has 1 saturated heterocycles. The number of carboxylic acid groups (broad SMARTS) is 1. The van der Waals surface area contributed by atoms with Crippen molar-refractivity contribution in [1.82, 2.24) is 15.5 Å².